The zero-order valence-electron chi connectivity index (χ0n) is 9.75. The Kier molecular flexibility index (Phi) is 3.63. The number of nitrogens with one attached hydrogen (secondary N) is 1. The van der Waals surface area contributed by atoms with Crippen LogP contribution in [-0.2, 0) is 0 Å². The maximum atomic E-state index is 13.1. The molecule has 1 heterocycles. The maximum absolute atomic E-state index is 13.1. The minimum Gasteiger partial charge on any atom is -0.365 e. The van der Waals surface area contributed by atoms with Crippen LogP contribution in [0.2, 0.25) is 5.02 Å². The van der Waals surface area contributed by atoms with Crippen LogP contribution in [0.5, 0.6) is 0 Å². The Morgan fingerprint density at radius 2 is 2.22 bits per heavy atom. The second-order valence-corrected chi connectivity index (χ2v) is 5.04. The highest BCUT2D eigenvalue weighted by Crippen LogP contribution is 2.33. The van der Waals surface area contributed by atoms with Crippen LogP contribution in [0.3, 0.4) is 0 Å². The summed E-state index contributed by atoms with van der Waals surface area (Å²) in [5.41, 5.74) is 1.16. The van der Waals surface area contributed by atoms with Crippen molar-refractivity contribution in [3.05, 3.63) is 33.9 Å². The molecule has 0 amide bonds. The van der Waals surface area contributed by atoms with Gasteiger partial charge in [-0.25, -0.2) is 9.37 Å². The predicted octanol–water partition coefficient (Wildman–Crippen LogP) is 3.85. The quantitative estimate of drug-likeness (QED) is 0.871. The van der Waals surface area contributed by atoms with Gasteiger partial charge in [0.15, 0.2) is 10.9 Å². The van der Waals surface area contributed by atoms with Crippen molar-refractivity contribution in [2.24, 2.45) is 0 Å². The molecule has 0 saturated heterocycles. The monoisotopic (exact) mass is 284 g/mol. The van der Waals surface area contributed by atoms with E-state index in [2.05, 4.69) is 10.3 Å². The summed E-state index contributed by atoms with van der Waals surface area (Å²) in [6, 6.07) is 4.29. The molecule has 18 heavy (non-hydrogen) atoms. The van der Waals surface area contributed by atoms with Gasteiger partial charge in [0.2, 0.25) is 0 Å². The van der Waals surface area contributed by atoms with Crippen molar-refractivity contribution in [2.75, 3.05) is 12.4 Å². The zero-order valence-corrected chi connectivity index (χ0v) is 11.3. The second kappa shape index (κ2) is 5.04. The first-order chi connectivity index (χ1) is 8.52. The van der Waals surface area contributed by atoms with Crippen LogP contribution in [0.4, 0.5) is 9.52 Å². The standard InChI is InChI=1S/C12H10ClFN2OS/c1-6(17)11-10(16-12(15-2)18-11)7-3-4-9(14)8(13)5-7/h3-5H,1-2H3,(H,15,16). The fraction of sp³-hybridized carbons (Fsp3) is 0.167. The number of carbonyl (C=O) groups is 1. The molecular formula is C12H10ClFN2OS. The molecule has 1 aromatic heterocycles. The third-order valence-electron chi connectivity index (χ3n) is 2.35. The van der Waals surface area contributed by atoms with E-state index in [0.717, 1.165) is 0 Å². The first-order valence-electron chi connectivity index (χ1n) is 5.18. The number of Topliss-reactive ketones (excluding diaryl/α,β-unsaturated/α-hetero) is 1. The lowest BCUT2D eigenvalue weighted by atomic mass is 10.1. The molecule has 2 rings (SSSR count). The lowest BCUT2D eigenvalue weighted by molar-refractivity contribution is 0.102. The van der Waals surface area contributed by atoms with Crippen molar-refractivity contribution in [1.82, 2.24) is 4.98 Å². The highest BCUT2D eigenvalue weighted by molar-refractivity contribution is 7.18. The maximum Gasteiger partial charge on any atom is 0.183 e. The average molecular weight is 285 g/mol. The van der Waals surface area contributed by atoms with Crippen molar-refractivity contribution < 1.29 is 9.18 Å². The van der Waals surface area contributed by atoms with Gasteiger partial charge in [-0.05, 0) is 18.2 Å². The summed E-state index contributed by atoms with van der Waals surface area (Å²) in [4.78, 5) is 16.4. The first kappa shape index (κ1) is 13.0. The molecule has 0 spiro atoms. The smallest absolute Gasteiger partial charge is 0.183 e. The Balaban J connectivity index is 2.58. The molecule has 1 aromatic carbocycles. The number of carbonyl (C=O) groups excluding carboxylic acids is 1. The van der Waals surface area contributed by atoms with E-state index in [0.29, 0.717) is 21.3 Å². The molecule has 3 nitrogen and oxygen atoms in total. The largest absolute Gasteiger partial charge is 0.365 e. The first-order valence-corrected chi connectivity index (χ1v) is 6.37. The van der Waals surface area contributed by atoms with E-state index < -0.39 is 5.82 Å². The molecule has 0 saturated carbocycles. The fourth-order valence-corrected chi connectivity index (χ4v) is 2.52. The van der Waals surface area contributed by atoms with Crippen LogP contribution >= 0.6 is 22.9 Å². The summed E-state index contributed by atoms with van der Waals surface area (Å²) in [7, 11) is 1.73. The van der Waals surface area contributed by atoms with Gasteiger partial charge in [-0.3, -0.25) is 4.79 Å². The van der Waals surface area contributed by atoms with Crippen molar-refractivity contribution in [2.45, 2.75) is 6.92 Å². The Morgan fingerprint density at radius 1 is 1.50 bits per heavy atom. The van der Waals surface area contributed by atoms with Crippen LogP contribution in [0, 0.1) is 5.82 Å². The number of halogens is 2. The van der Waals surface area contributed by atoms with Gasteiger partial charge < -0.3 is 5.32 Å². The molecule has 6 heteroatoms. The summed E-state index contributed by atoms with van der Waals surface area (Å²) < 4.78 is 13.1. The number of benzene rings is 1. The Labute approximate surface area is 113 Å². The highest BCUT2D eigenvalue weighted by Gasteiger charge is 2.17. The number of hydrogen-bond donors (Lipinski definition) is 1. The highest BCUT2D eigenvalue weighted by atomic mass is 35.5. The minimum absolute atomic E-state index is 0.0148. The Bertz CT molecular complexity index is 612. The van der Waals surface area contributed by atoms with Crippen molar-refractivity contribution >= 4 is 33.9 Å². The second-order valence-electron chi connectivity index (χ2n) is 3.63. The Morgan fingerprint density at radius 3 is 2.78 bits per heavy atom. The van der Waals surface area contributed by atoms with E-state index in [1.54, 1.807) is 13.1 Å². The van der Waals surface area contributed by atoms with Crippen LogP contribution < -0.4 is 5.32 Å². The fourth-order valence-electron chi connectivity index (χ4n) is 1.50. The van der Waals surface area contributed by atoms with Crippen LogP contribution in [0.25, 0.3) is 11.3 Å². The third kappa shape index (κ3) is 2.37. The van der Waals surface area contributed by atoms with E-state index in [9.17, 15) is 9.18 Å². The molecule has 0 aliphatic carbocycles. The molecule has 0 fully saturated rings. The van der Waals surface area contributed by atoms with E-state index >= 15 is 0 Å². The third-order valence-corrected chi connectivity index (χ3v) is 3.82. The number of nitrogens with zero attached hydrogens (tertiary/aromatic N) is 1. The average Bonchev–Trinajstić information content (AvgIpc) is 2.77. The number of hydrogen-bond acceptors (Lipinski definition) is 4. The zero-order chi connectivity index (χ0) is 13.3. The van der Waals surface area contributed by atoms with E-state index in [1.807, 2.05) is 0 Å². The number of thiazole rings is 1. The SMILES string of the molecule is CNc1nc(-c2ccc(F)c(Cl)c2)c(C(C)=O)s1. The summed E-state index contributed by atoms with van der Waals surface area (Å²) in [5.74, 6) is -0.571. The van der Waals surface area contributed by atoms with Gasteiger partial charge in [0.25, 0.3) is 0 Å². The van der Waals surface area contributed by atoms with Gasteiger partial charge in [0, 0.05) is 19.5 Å². The van der Waals surface area contributed by atoms with E-state index in [-0.39, 0.29) is 10.8 Å². The van der Waals surface area contributed by atoms with Crippen LogP contribution in [0.1, 0.15) is 16.6 Å². The topological polar surface area (TPSA) is 42.0 Å². The number of anilines is 1. The van der Waals surface area contributed by atoms with E-state index in [4.69, 9.17) is 11.6 Å². The lowest BCUT2D eigenvalue weighted by Gasteiger charge is -2.01. The summed E-state index contributed by atoms with van der Waals surface area (Å²) in [6.45, 7) is 1.47. The summed E-state index contributed by atoms with van der Waals surface area (Å²) in [6.07, 6.45) is 0. The van der Waals surface area contributed by atoms with Gasteiger partial charge in [-0.15, -0.1) is 0 Å². The number of aromatic nitrogens is 1. The van der Waals surface area contributed by atoms with Gasteiger partial charge in [-0.2, -0.15) is 0 Å². The van der Waals surface area contributed by atoms with Gasteiger partial charge in [-0.1, -0.05) is 22.9 Å². The van der Waals surface area contributed by atoms with E-state index in [1.165, 1.54) is 30.4 Å². The molecule has 2 aromatic rings. The molecule has 0 atom stereocenters. The number of rotatable bonds is 3. The molecule has 0 radical (unpaired) electrons. The molecule has 0 unspecified atom stereocenters. The molecule has 0 aliphatic heterocycles. The molecule has 0 aliphatic rings. The molecule has 94 valence electrons. The van der Waals surface area contributed by atoms with Crippen molar-refractivity contribution in [3.63, 3.8) is 0 Å². The molecular weight excluding hydrogens is 275 g/mol. The van der Waals surface area contributed by atoms with Crippen molar-refractivity contribution in [1.29, 1.82) is 0 Å². The molecule has 1 N–H and O–H groups in total. The Hall–Kier alpha value is -1.46. The van der Waals surface area contributed by atoms with Gasteiger partial charge in [0.05, 0.1) is 15.6 Å². The predicted molar refractivity (Wildman–Crippen MR) is 72.1 cm³/mol. The summed E-state index contributed by atoms with van der Waals surface area (Å²) in [5, 5.41) is 3.54. The van der Waals surface area contributed by atoms with Crippen LogP contribution in [-0.4, -0.2) is 17.8 Å². The van der Waals surface area contributed by atoms with Crippen LogP contribution in [0.15, 0.2) is 18.2 Å². The lowest BCUT2D eigenvalue weighted by Crippen LogP contribution is -1.92. The number of ketones is 1. The van der Waals surface area contributed by atoms with Gasteiger partial charge in [0.1, 0.15) is 5.82 Å². The summed E-state index contributed by atoms with van der Waals surface area (Å²) >= 11 is 7.00. The molecule has 0 bridgehead atoms. The van der Waals surface area contributed by atoms with Gasteiger partial charge >= 0.3 is 0 Å². The van der Waals surface area contributed by atoms with Crippen molar-refractivity contribution in [3.8, 4) is 11.3 Å². The normalized spacial score (nSPS) is 10.4. The minimum atomic E-state index is -0.492.